The quantitative estimate of drug-likeness (QED) is 0.334. The number of thiol groups is 3. The van der Waals surface area contributed by atoms with E-state index in [-0.39, 0.29) is 5.25 Å². The zero-order valence-corrected chi connectivity index (χ0v) is 12.5. The van der Waals surface area contributed by atoms with Gasteiger partial charge in [0.1, 0.15) is 0 Å². The second-order valence-electron chi connectivity index (χ2n) is 4.24. The number of hydrogen-bond donors (Lipinski definition) is 5. The molecule has 16 heavy (non-hydrogen) atoms. The molecule has 0 bridgehead atoms. The van der Waals surface area contributed by atoms with E-state index >= 15 is 0 Å². The highest BCUT2D eigenvalue weighted by molar-refractivity contribution is 7.81. The Kier molecular flexibility index (Phi) is 10.5. The highest BCUT2D eigenvalue weighted by atomic mass is 32.1. The van der Waals surface area contributed by atoms with Gasteiger partial charge in [0.15, 0.2) is 6.29 Å². The van der Waals surface area contributed by atoms with Gasteiger partial charge in [0.25, 0.3) is 0 Å². The smallest absolute Gasteiger partial charge is 0.152 e. The van der Waals surface area contributed by atoms with Crippen LogP contribution in [-0.2, 0) is 0 Å². The van der Waals surface area contributed by atoms with E-state index in [0.717, 1.165) is 32.1 Å². The Bertz CT molecular complexity index is 167. The first-order valence-corrected chi connectivity index (χ1v) is 7.41. The standard InChI is InChI=1S/C11H24O2S3/c1-2-8(14)3-4-9(15)5-6-10(16)7-11(12)13/h8-16H,2-7H2,1H3. The van der Waals surface area contributed by atoms with Gasteiger partial charge < -0.3 is 10.2 Å². The van der Waals surface area contributed by atoms with Crippen LogP contribution in [0, 0.1) is 0 Å². The van der Waals surface area contributed by atoms with Crippen molar-refractivity contribution in [2.45, 2.75) is 67.5 Å². The van der Waals surface area contributed by atoms with Crippen molar-refractivity contribution < 1.29 is 10.2 Å². The van der Waals surface area contributed by atoms with Crippen molar-refractivity contribution in [1.29, 1.82) is 0 Å². The minimum absolute atomic E-state index is 0.0487. The molecule has 98 valence electrons. The zero-order chi connectivity index (χ0) is 12.6. The van der Waals surface area contributed by atoms with Crippen LogP contribution in [0.4, 0.5) is 0 Å². The monoisotopic (exact) mass is 284 g/mol. The van der Waals surface area contributed by atoms with Crippen LogP contribution in [0.1, 0.15) is 45.4 Å². The van der Waals surface area contributed by atoms with Crippen molar-refractivity contribution in [1.82, 2.24) is 0 Å². The van der Waals surface area contributed by atoms with Crippen LogP contribution in [0.2, 0.25) is 0 Å². The Morgan fingerprint density at radius 3 is 1.69 bits per heavy atom. The van der Waals surface area contributed by atoms with E-state index in [4.69, 9.17) is 10.2 Å². The summed E-state index contributed by atoms with van der Waals surface area (Å²) in [6.45, 7) is 2.14. The molecule has 0 aromatic heterocycles. The van der Waals surface area contributed by atoms with Crippen LogP contribution in [-0.4, -0.2) is 32.3 Å². The van der Waals surface area contributed by atoms with Gasteiger partial charge in [0, 0.05) is 22.2 Å². The molecular formula is C11H24O2S3. The third kappa shape index (κ3) is 10.1. The van der Waals surface area contributed by atoms with Gasteiger partial charge in [-0.05, 0) is 32.1 Å². The van der Waals surface area contributed by atoms with Crippen molar-refractivity contribution in [3.05, 3.63) is 0 Å². The lowest BCUT2D eigenvalue weighted by molar-refractivity contribution is -0.0452. The normalized spacial score (nSPS) is 17.4. The maximum atomic E-state index is 8.77. The fraction of sp³-hybridized carbons (Fsp3) is 1.00. The molecule has 0 aliphatic rings. The molecule has 0 rings (SSSR count). The summed E-state index contributed by atoms with van der Waals surface area (Å²) in [4.78, 5) is 0. The molecule has 0 heterocycles. The molecule has 5 heteroatoms. The maximum absolute atomic E-state index is 8.77. The van der Waals surface area contributed by atoms with Crippen molar-refractivity contribution in [3.63, 3.8) is 0 Å². The van der Waals surface area contributed by atoms with E-state index < -0.39 is 6.29 Å². The van der Waals surface area contributed by atoms with Crippen LogP contribution >= 0.6 is 37.9 Å². The number of rotatable bonds is 9. The third-order valence-electron chi connectivity index (χ3n) is 2.62. The molecule has 3 atom stereocenters. The molecule has 0 spiro atoms. The largest absolute Gasteiger partial charge is 0.368 e. The summed E-state index contributed by atoms with van der Waals surface area (Å²) in [6.07, 6.45) is 4.17. The van der Waals surface area contributed by atoms with Crippen molar-refractivity contribution in [3.8, 4) is 0 Å². The average Bonchev–Trinajstić information content (AvgIpc) is 2.22. The summed E-state index contributed by atoms with van der Waals surface area (Å²) in [5, 5.41) is 18.4. The molecule has 2 nitrogen and oxygen atoms in total. The van der Waals surface area contributed by atoms with Crippen molar-refractivity contribution in [2.75, 3.05) is 0 Å². The Balaban J connectivity index is 3.52. The second-order valence-corrected chi connectivity index (χ2v) is 6.43. The average molecular weight is 285 g/mol. The van der Waals surface area contributed by atoms with E-state index in [1.165, 1.54) is 0 Å². The maximum Gasteiger partial charge on any atom is 0.152 e. The highest BCUT2D eigenvalue weighted by Crippen LogP contribution is 2.20. The first-order valence-electron chi connectivity index (χ1n) is 5.86. The molecule has 0 aromatic carbocycles. The van der Waals surface area contributed by atoms with Gasteiger partial charge in [-0.25, -0.2) is 0 Å². The molecule has 3 unspecified atom stereocenters. The molecular weight excluding hydrogens is 260 g/mol. The van der Waals surface area contributed by atoms with E-state index in [1.807, 2.05) is 0 Å². The predicted molar refractivity (Wildman–Crippen MR) is 79.9 cm³/mol. The van der Waals surface area contributed by atoms with E-state index in [1.54, 1.807) is 0 Å². The molecule has 0 fully saturated rings. The van der Waals surface area contributed by atoms with Gasteiger partial charge in [0.2, 0.25) is 0 Å². The summed E-state index contributed by atoms with van der Waals surface area (Å²) < 4.78 is 0. The lowest BCUT2D eigenvalue weighted by Crippen LogP contribution is -2.14. The Labute approximate surface area is 115 Å². The van der Waals surface area contributed by atoms with Crippen molar-refractivity contribution in [2.24, 2.45) is 0 Å². The second kappa shape index (κ2) is 9.95. The first-order chi connectivity index (χ1) is 7.45. The van der Waals surface area contributed by atoms with Gasteiger partial charge in [-0.3, -0.25) is 0 Å². The van der Waals surface area contributed by atoms with Crippen LogP contribution < -0.4 is 0 Å². The molecule has 0 saturated heterocycles. The number of aliphatic hydroxyl groups is 2. The minimum atomic E-state index is -1.25. The highest BCUT2D eigenvalue weighted by Gasteiger charge is 2.12. The zero-order valence-electron chi connectivity index (χ0n) is 9.79. The van der Waals surface area contributed by atoms with Crippen LogP contribution in [0.3, 0.4) is 0 Å². The summed E-state index contributed by atoms with van der Waals surface area (Å²) in [6, 6.07) is 0. The third-order valence-corrected chi connectivity index (χ3v) is 4.23. The fourth-order valence-electron chi connectivity index (χ4n) is 1.48. The van der Waals surface area contributed by atoms with Crippen LogP contribution in [0.15, 0.2) is 0 Å². The lowest BCUT2D eigenvalue weighted by atomic mass is 10.1. The van der Waals surface area contributed by atoms with Gasteiger partial charge in [-0.2, -0.15) is 37.9 Å². The van der Waals surface area contributed by atoms with Gasteiger partial charge in [-0.1, -0.05) is 6.92 Å². The summed E-state index contributed by atoms with van der Waals surface area (Å²) in [7, 11) is 0. The fourth-order valence-corrected chi connectivity index (χ4v) is 2.26. The first kappa shape index (κ1) is 17.0. The van der Waals surface area contributed by atoms with Crippen molar-refractivity contribution >= 4 is 37.9 Å². The summed E-state index contributed by atoms with van der Waals surface area (Å²) in [5.74, 6) is 0. The number of hydrogen-bond acceptors (Lipinski definition) is 5. The van der Waals surface area contributed by atoms with Crippen LogP contribution in [0.25, 0.3) is 0 Å². The SMILES string of the molecule is CCC(S)CCC(S)CCC(S)CC(O)O. The molecule has 0 aliphatic heterocycles. The lowest BCUT2D eigenvalue weighted by Gasteiger charge is -2.16. The Morgan fingerprint density at radius 2 is 1.25 bits per heavy atom. The Morgan fingerprint density at radius 1 is 0.812 bits per heavy atom. The van der Waals surface area contributed by atoms with Gasteiger partial charge >= 0.3 is 0 Å². The molecule has 0 saturated carbocycles. The summed E-state index contributed by atoms with van der Waals surface area (Å²) >= 11 is 13.3. The van der Waals surface area contributed by atoms with E-state index in [0.29, 0.717) is 16.9 Å². The topological polar surface area (TPSA) is 40.5 Å². The predicted octanol–water partition coefficient (Wildman–Crippen LogP) is 2.55. The molecule has 0 aliphatic carbocycles. The summed E-state index contributed by atoms with van der Waals surface area (Å²) in [5.41, 5.74) is 0. The number of aliphatic hydroxyl groups excluding tert-OH is 1. The molecule has 0 amide bonds. The minimum Gasteiger partial charge on any atom is -0.368 e. The van der Waals surface area contributed by atoms with E-state index in [2.05, 4.69) is 44.8 Å². The van der Waals surface area contributed by atoms with Crippen LogP contribution in [0.5, 0.6) is 0 Å². The molecule has 0 aromatic rings. The Hall–Kier alpha value is 0.970. The van der Waals surface area contributed by atoms with E-state index in [9.17, 15) is 0 Å². The molecule has 2 N–H and O–H groups in total. The van der Waals surface area contributed by atoms with Gasteiger partial charge in [-0.15, -0.1) is 0 Å². The van der Waals surface area contributed by atoms with Gasteiger partial charge in [0.05, 0.1) is 0 Å². The molecule has 0 radical (unpaired) electrons.